The Morgan fingerprint density at radius 1 is 0.432 bits per heavy atom. The van der Waals surface area contributed by atoms with Crippen LogP contribution in [0.1, 0.15) is 26.3 Å². The van der Waals surface area contributed by atoms with Crippen LogP contribution in [0.15, 0.2) is 133 Å². The van der Waals surface area contributed by atoms with Gasteiger partial charge in [0, 0.05) is 17.1 Å². The SMILES string of the molecule is CC(C)(C)c1ccc(N(c2ccc(-c3ccccc3)cc2)c2ccc3ccc4ccccc4c3c2)cc1. The van der Waals surface area contributed by atoms with Gasteiger partial charge >= 0.3 is 0 Å². The fourth-order valence-electron chi connectivity index (χ4n) is 5.12. The predicted molar refractivity (Wildman–Crippen MR) is 160 cm³/mol. The molecule has 6 aromatic rings. The highest BCUT2D eigenvalue weighted by Crippen LogP contribution is 2.39. The van der Waals surface area contributed by atoms with E-state index in [9.17, 15) is 0 Å². The van der Waals surface area contributed by atoms with Gasteiger partial charge in [0.1, 0.15) is 0 Å². The highest BCUT2D eigenvalue weighted by molar-refractivity contribution is 6.08. The Balaban J connectivity index is 1.50. The number of rotatable bonds is 4. The molecule has 0 aliphatic heterocycles. The summed E-state index contributed by atoms with van der Waals surface area (Å²) in [5.74, 6) is 0. The lowest BCUT2D eigenvalue weighted by Gasteiger charge is -2.27. The number of anilines is 3. The topological polar surface area (TPSA) is 3.24 Å². The van der Waals surface area contributed by atoms with E-state index in [1.54, 1.807) is 0 Å². The van der Waals surface area contributed by atoms with E-state index in [1.807, 2.05) is 0 Å². The van der Waals surface area contributed by atoms with Gasteiger partial charge in [0.15, 0.2) is 0 Å². The first-order chi connectivity index (χ1) is 18.0. The molecule has 0 fully saturated rings. The molecule has 1 nitrogen and oxygen atoms in total. The van der Waals surface area contributed by atoms with Crippen molar-refractivity contribution >= 4 is 38.6 Å². The van der Waals surface area contributed by atoms with E-state index < -0.39 is 0 Å². The van der Waals surface area contributed by atoms with E-state index in [2.05, 4.69) is 159 Å². The molecule has 0 spiro atoms. The van der Waals surface area contributed by atoms with Crippen LogP contribution in [0.3, 0.4) is 0 Å². The molecule has 1 heteroatoms. The van der Waals surface area contributed by atoms with Gasteiger partial charge in [-0.3, -0.25) is 0 Å². The lowest BCUT2D eigenvalue weighted by molar-refractivity contribution is 0.590. The van der Waals surface area contributed by atoms with E-state index in [0.29, 0.717) is 0 Å². The lowest BCUT2D eigenvalue weighted by atomic mass is 9.87. The van der Waals surface area contributed by atoms with E-state index in [-0.39, 0.29) is 5.41 Å². The minimum Gasteiger partial charge on any atom is -0.310 e. The summed E-state index contributed by atoms with van der Waals surface area (Å²) in [4.78, 5) is 2.36. The standard InChI is InChI=1S/C36H31N/c1-36(2,3)30-18-23-32(24-19-30)37(31-20-15-27(16-21-31)26-9-5-4-6-10-26)33-22-17-29-14-13-28-11-7-8-12-34(28)35(29)25-33/h4-25H,1-3H3. The monoisotopic (exact) mass is 477 g/mol. The Morgan fingerprint density at radius 3 is 1.62 bits per heavy atom. The molecule has 0 saturated heterocycles. The molecule has 0 unspecified atom stereocenters. The molecular weight excluding hydrogens is 446 g/mol. The molecule has 0 amide bonds. The second-order valence-electron chi connectivity index (χ2n) is 10.7. The van der Waals surface area contributed by atoms with Gasteiger partial charge in [0.2, 0.25) is 0 Å². The fourth-order valence-corrected chi connectivity index (χ4v) is 5.12. The second kappa shape index (κ2) is 9.26. The molecule has 0 aliphatic carbocycles. The van der Waals surface area contributed by atoms with Crippen LogP contribution in [0.2, 0.25) is 0 Å². The minimum atomic E-state index is 0.114. The summed E-state index contributed by atoms with van der Waals surface area (Å²) in [7, 11) is 0. The van der Waals surface area contributed by atoms with Crippen molar-refractivity contribution in [1.82, 2.24) is 0 Å². The highest BCUT2D eigenvalue weighted by atomic mass is 15.1. The zero-order valence-electron chi connectivity index (χ0n) is 21.6. The zero-order chi connectivity index (χ0) is 25.4. The number of fused-ring (bicyclic) bond motifs is 3. The van der Waals surface area contributed by atoms with Crippen molar-refractivity contribution in [2.75, 3.05) is 4.90 Å². The molecular formula is C36H31N. The van der Waals surface area contributed by atoms with Crippen LogP contribution in [0.5, 0.6) is 0 Å². The molecule has 0 aromatic heterocycles. The summed E-state index contributed by atoms with van der Waals surface area (Å²) in [6.07, 6.45) is 0. The number of benzene rings is 6. The van der Waals surface area contributed by atoms with Crippen LogP contribution in [0.25, 0.3) is 32.7 Å². The third-order valence-electron chi connectivity index (χ3n) is 7.21. The Bertz CT molecular complexity index is 1670. The van der Waals surface area contributed by atoms with Crippen molar-refractivity contribution in [2.24, 2.45) is 0 Å². The van der Waals surface area contributed by atoms with Gasteiger partial charge in [0.25, 0.3) is 0 Å². The summed E-state index contributed by atoms with van der Waals surface area (Å²) in [5, 5.41) is 5.07. The first kappa shape index (κ1) is 23.1. The molecule has 37 heavy (non-hydrogen) atoms. The van der Waals surface area contributed by atoms with Crippen molar-refractivity contribution in [3.8, 4) is 11.1 Å². The minimum absolute atomic E-state index is 0.114. The summed E-state index contributed by atoms with van der Waals surface area (Å²) in [6, 6.07) is 48.4. The average Bonchev–Trinajstić information content (AvgIpc) is 2.94. The van der Waals surface area contributed by atoms with Crippen molar-refractivity contribution in [2.45, 2.75) is 26.2 Å². The van der Waals surface area contributed by atoms with Crippen molar-refractivity contribution in [3.05, 3.63) is 139 Å². The van der Waals surface area contributed by atoms with Gasteiger partial charge < -0.3 is 4.90 Å². The number of hydrogen-bond donors (Lipinski definition) is 0. The summed E-state index contributed by atoms with van der Waals surface area (Å²) >= 11 is 0. The van der Waals surface area contributed by atoms with Gasteiger partial charge in [-0.2, -0.15) is 0 Å². The maximum Gasteiger partial charge on any atom is 0.0468 e. The Labute approximate surface area is 219 Å². The van der Waals surface area contributed by atoms with Gasteiger partial charge in [-0.15, -0.1) is 0 Å². The third-order valence-corrected chi connectivity index (χ3v) is 7.21. The lowest BCUT2D eigenvalue weighted by Crippen LogP contribution is -2.13. The van der Waals surface area contributed by atoms with E-state index in [0.717, 1.165) is 17.1 Å². The molecule has 0 bridgehead atoms. The van der Waals surface area contributed by atoms with Crippen LogP contribution in [0.4, 0.5) is 17.1 Å². The maximum atomic E-state index is 2.36. The Kier molecular flexibility index (Phi) is 5.77. The largest absolute Gasteiger partial charge is 0.310 e. The van der Waals surface area contributed by atoms with Gasteiger partial charge in [-0.05, 0) is 80.0 Å². The van der Waals surface area contributed by atoms with Crippen LogP contribution >= 0.6 is 0 Å². The summed E-state index contributed by atoms with van der Waals surface area (Å²) in [6.45, 7) is 6.78. The fraction of sp³-hybridized carbons (Fsp3) is 0.111. The van der Waals surface area contributed by atoms with E-state index in [4.69, 9.17) is 0 Å². The molecule has 0 saturated carbocycles. The maximum absolute atomic E-state index is 2.36. The van der Waals surface area contributed by atoms with Crippen molar-refractivity contribution in [3.63, 3.8) is 0 Å². The van der Waals surface area contributed by atoms with Gasteiger partial charge in [0.05, 0.1) is 0 Å². The first-order valence-electron chi connectivity index (χ1n) is 13.0. The van der Waals surface area contributed by atoms with Crippen LogP contribution < -0.4 is 4.90 Å². The van der Waals surface area contributed by atoms with Gasteiger partial charge in [-0.25, -0.2) is 0 Å². The average molecular weight is 478 g/mol. The van der Waals surface area contributed by atoms with E-state index in [1.165, 1.54) is 38.2 Å². The number of nitrogens with zero attached hydrogens (tertiary/aromatic N) is 1. The van der Waals surface area contributed by atoms with Crippen molar-refractivity contribution < 1.29 is 0 Å². The van der Waals surface area contributed by atoms with Crippen LogP contribution in [-0.4, -0.2) is 0 Å². The molecule has 0 aliphatic rings. The molecule has 6 aromatic carbocycles. The molecule has 0 atom stereocenters. The van der Waals surface area contributed by atoms with Crippen molar-refractivity contribution in [1.29, 1.82) is 0 Å². The van der Waals surface area contributed by atoms with Gasteiger partial charge in [-0.1, -0.05) is 118 Å². The van der Waals surface area contributed by atoms with Crippen LogP contribution in [0, 0.1) is 0 Å². The molecule has 6 rings (SSSR count). The quantitative estimate of drug-likeness (QED) is 0.228. The number of hydrogen-bond acceptors (Lipinski definition) is 1. The third kappa shape index (κ3) is 4.49. The summed E-state index contributed by atoms with van der Waals surface area (Å²) < 4.78 is 0. The van der Waals surface area contributed by atoms with E-state index >= 15 is 0 Å². The molecule has 0 heterocycles. The molecule has 0 N–H and O–H groups in total. The van der Waals surface area contributed by atoms with Crippen LogP contribution in [-0.2, 0) is 5.41 Å². The first-order valence-corrected chi connectivity index (χ1v) is 13.0. The molecule has 180 valence electrons. The molecule has 0 radical (unpaired) electrons. The second-order valence-corrected chi connectivity index (χ2v) is 10.7. The normalized spacial score (nSPS) is 11.6. The predicted octanol–water partition coefficient (Wildman–Crippen LogP) is 10.4. The zero-order valence-corrected chi connectivity index (χ0v) is 21.6. The Morgan fingerprint density at radius 2 is 0.946 bits per heavy atom. The smallest absolute Gasteiger partial charge is 0.0468 e. The highest BCUT2D eigenvalue weighted by Gasteiger charge is 2.17. The summed E-state index contributed by atoms with van der Waals surface area (Å²) in [5.41, 5.74) is 7.34. The Hall–Kier alpha value is -4.36.